The molecule has 1 unspecified atom stereocenters. The Bertz CT molecular complexity index is 1340. The molecule has 0 bridgehead atoms. The van der Waals surface area contributed by atoms with Crippen LogP contribution in [0.4, 0.5) is 0 Å². The summed E-state index contributed by atoms with van der Waals surface area (Å²) >= 11 is 12.1. The molecular weight excluding hydrogens is 477 g/mol. The van der Waals surface area contributed by atoms with Gasteiger partial charge < -0.3 is 9.15 Å². The number of fused-ring (bicyclic) bond motifs is 1. The number of benzene rings is 3. The molecule has 174 valence electrons. The maximum Gasteiger partial charge on any atom is 0.279 e. The number of rotatable bonds is 7. The van der Waals surface area contributed by atoms with Crippen molar-refractivity contribution in [3.05, 3.63) is 82.8 Å². The molecule has 0 fully saturated rings. The van der Waals surface area contributed by atoms with E-state index in [0.29, 0.717) is 33.0 Å². The van der Waals surface area contributed by atoms with Gasteiger partial charge in [0.2, 0.25) is 5.91 Å². The van der Waals surface area contributed by atoms with Crippen molar-refractivity contribution in [2.24, 2.45) is 0 Å². The van der Waals surface area contributed by atoms with Crippen LogP contribution in [0.15, 0.2) is 71.3 Å². The van der Waals surface area contributed by atoms with E-state index in [2.05, 4.69) is 15.8 Å². The van der Waals surface area contributed by atoms with Crippen molar-refractivity contribution < 1.29 is 18.7 Å². The van der Waals surface area contributed by atoms with Gasteiger partial charge in [0.25, 0.3) is 5.91 Å². The van der Waals surface area contributed by atoms with Crippen LogP contribution in [0.5, 0.6) is 5.75 Å². The number of amides is 2. The van der Waals surface area contributed by atoms with E-state index < -0.39 is 17.9 Å². The highest BCUT2D eigenvalue weighted by molar-refractivity contribution is 6.36. The second kappa shape index (κ2) is 10.6. The van der Waals surface area contributed by atoms with Crippen LogP contribution in [0.2, 0.25) is 10.0 Å². The molecule has 1 heterocycles. The van der Waals surface area contributed by atoms with Crippen LogP contribution >= 0.6 is 23.2 Å². The number of halogens is 2. The summed E-state index contributed by atoms with van der Waals surface area (Å²) in [5.74, 6) is 0.543. The zero-order valence-electron chi connectivity index (χ0n) is 18.2. The lowest BCUT2D eigenvalue weighted by atomic mass is 10.1. The Morgan fingerprint density at radius 1 is 1.03 bits per heavy atom. The van der Waals surface area contributed by atoms with Gasteiger partial charge in [-0.25, -0.2) is 4.98 Å². The van der Waals surface area contributed by atoms with Crippen molar-refractivity contribution in [3.8, 4) is 17.1 Å². The summed E-state index contributed by atoms with van der Waals surface area (Å²) in [5, 5.41) is 3.04. The first kappa shape index (κ1) is 23.6. The monoisotopic (exact) mass is 497 g/mol. The normalized spacial score (nSPS) is 11.7. The number of aryl methyl sites for hydroxylation is 1. The average Bonchev–Trinajstić information content (AvgIpc) is 3.29. The highest BCUT2D eigenvalue weighted by Gasteiger charge is 2.16. The largest absolute Gasteiger partial charge is 0.481 e. The van der Waals surface area contributed by atoms with Gasteiger partial charge in [-0.15, -0.1) is 0 Å². The molecule has 1 aromatic heterocycles. The van der Waals surface area contributed by atoms with Gasteiger partial charge in [-0.3, -0.25) is 20.4 Å². The molecule has 2 amide bonds. The Balaban J connectivity index is 1.24. The van der Waals surface area contributed by atoms with E-state index >= 15 is 0 Å². The first-order chi connectivity index (χ1) is 16.4. The summed E-state index contributed by atoms with van der Waals surface area (Å²) < 4.78 is 11.4. The predicted molar refractivity (Wildman–Crippen MR) is 131 cm³/mol. The third kappa shape index (κ3) is 5.87. The molecule has 0 radical (unpaired) electrons. The lowest BCUT2D eigenvalue weighted by molar-refractivity contribution is -0.132. The topological polar surface area (TPSA) is 93.5 Å². The van der Waals surface area contributed by atoms with Crippen LogP contribution < -0.4 is 15.6 Å². The van der Waals surface area contributed by atoms with Gasteiger partial charge in [-0.1, -0.05) is 53.5 Å². The summed E-state index contributed by atoms with van der Waals surface area (Å²) in [6, 6.07) is 18.5. The van der Waals surface area contributed by atoms with Crippen molar-refractivity contribution in [2.45, 2.75) is 25.9 Å². The van der Waals surface area contributed by atoms with E-state index in [0.717, 1.165) is 10.8 Å². The third-order valence-corrected chi connectivity index (χ3v) is 5.59. The molecule has 0 aliphatic carbocycles. The Kier molecular flexibility index (Phi) is 7.35. The minimum Gasteiger partial charge on any atom is -0.481 e. The van der Waals surface area contributed by atoms with Crippen molar-refractivity contribution in [1.29, 1.82) is 0 Å². The Morgan fingerprint density at radius 2 is 1.82 bits per heavy atom. The van der Waals surface area contributed by atoms with Gasteiger partial charge in [0.15, 0.2) is 17.8 Å². The first-order valence-corrected chi connectivity index (χ1v) is 11.3. The third-order valence-electron chi connectivity index (χ3n) is 5.04. The van der Waals surface area contributed by atoms with Crippen LogP contribution in [0.3, 0.4) is 0 Å². The van der Waals surface area contributed by atoms with E-state index in [1.807, 2.05) is 36.4 Å². The first-order valence-electron chi connectivity index (χ1n) is 10.5. The minimum atomic E-state index is -0.806. The zero-order chi connectivity index (χ0) is 24.1. The van der Waals surface area contributed by atoms with Gasteiger partial charge >= 0.3 is 0 Å². The van der Waals surface area contributed by atoms with Crippen LogP contribution in [0.1, 0.15) is 19.2 Å². The molecule has 34 heavy (non-hydrogen) atoms. The number of aromatic nitrogens is 1. The minimum absolute atomic E-state index is 0.0640. The highest BCUT2D eigenvalue weighted by atomic mass is 35.5. The van der Waals surface area contributed by atoms with E-state index in [-0.39, 0.29) is 12.8 Å². The standard InChI is InChI=1S/C25H21Cl2N3O4/c1-15(33-19-8-6-16-4-2-3-5-17(16)12-19)25(32)30-29-23(31)10-11-24-28-14-22(34-24)20-9-7-18(26)13-21(20)27/h2-9,12-15H,10-11H2,1H3,(H,29,31)(H,30,32). The summed E-state index contributed by atoms with van der Waals surface area (Å²) in [5.41, 5.74) is 5.41. The molecule has 0 aliphatic heterocycles. The van der Waals surface area contributed by atoms with Gasteiger partial charge in [-0.2, -0.15) is 0 Å². The molecular formula is C25H21Cl2N3O4. The average molecular weight is 498 g/mol. The number of hydrogen-bond donors (Lipinski definition) is 2. The quantitative estimate of drug-likeness (QED) is 0.335. The predicted octanol–water partition coefficient (Wildman–Crippen LogP) is 5.35. The SMILES string of the molecule is CC(Oc1ccc2ccccc2c1)C(=O)NNC(=O)CCc1ncc(-c2ccc(Cl)cc2Cl)o1. The molecule has 0 aliphatic rings. The number of ether oxygens (including phenoxy) is 1. The summed E-state index contributed by atoms with van der Waals surface area (Å²) in [7, 11) is 0. The summed E-state index contributed by atoms with van der Waals surface area (Å²) in [4.78, 5) is 28.6. The summed E-state index contributed by atoms with van der Waals surface area (Å²) in [6.45, 7) is 1.60. The van der Waals surface area contributed by atoms with E-state index in [9.17, 15) is 9.59 Å². The van der Waals surface area contributed by atoms with Gasteiger partial charge in [0, 0.05) is 23.4 Å². The van der Waals surface area contributed by atoms with Crippen molar-refractivity contribution in [2.75, 3.05) is 0 Å². The number of hydrazine groups is 1. The molecule has 4 aromatic rings. The second-order valence-corrected chi connectivity index (χ2v) is 8.39. The van der Waals surface area contributed by atoms with Crippen LogP contribution in [-0.2, 0) is 16.0 Å². The number of nitrogens with zero attached hydrogens (tertiary/aromatic N) is 1. The molecule has 0 saturated heterocycles. The fourth-order valence-corrected chi connectivity index (χ4v) is 3.76. The Labute approximate surface area is 206 Å². The van der Waals surface area contributed by atoms with Crippen molar-refractivity contribution in [1.82, 2.24) is 15.8 Å². The lowest BCUT2D eigenvalue weighted by Crippen LogP contribution is -2.47. The van der Waals surface area contributed by atoms with Gasteiger partial charge in [0.05, 0.1) is 11.2 Å². The van der Waals surface area contributed by atoms with E-state index in [1.54, 1.807) is 31.2 Å². The molecule has 7 nitrogen and oxygen atoms in total. The van der Waals surface area contributed by atoms with E-state index in [4.69, 9.17) is 32.4 Å². The molecule has 4 rings (SSSR count). The van der Waals surface area contributed by atoms with Crippen LogP contribution in [0.25, 0.3) is 22.1 Å². The van der Waals surface area contributed by atoms with Crippen molar-refractivity contribution >= 4 is 45.8 Å². The maximum absolute atomic E-state index is 12.3. The number of carbonyl (C=O) groups excluding carboxylic acids is 2. The fourth-order valence-electron chi connectivity index (χ4n) is 3.25. The van der Waals surface area contributed by atoms with Crippen LogP contribution in [-0.4, -0.2) is 22.9 Å². The van der Waals surface area contributed by atoms with Gasteiger partial charge in [-0.05, 0) is 48.0 Å². The van der Waals surface area contributed by atoms with Gasteiger partial charge in [0.1, 0.15) is 5.75 Å². The molecule has 2 N–H and O–H groups in total. The van der Waals surface area contributed by atoms with Crippen LogP contribution in [0, 0.1) is 0 Å². The molecule has 1 atom stereocenters. The Morgan fingerprint density at radius 3 is 2.62 bits per heavy atom. The van der Waals surface area contributed by atoms with E-state index in [1.165, 1.54) is 6.20 Å². The number of hydrogen-bond acceptors (Lipinski definition) is 5. The smallest absolute Gasteiger partial charge is 0.279 e. The molecule has 9 heteroatoms. The summed E-state index contributed by atoms with van der Waals surface area (Å²) in [6.07, 6.45) is 1.04. The van der Waals surface area contributed by atoms with Crippen molar-refractivity contribution in [3.63, 3.8) is 0 Å². The highest BCUT2D eigenvalue weighted by Crippen LogP contribution is 2.30. The fraction of sp³-hybridized carbons (Fsp3) is 0.160. The number of carbonyl (C=O) groups is 2. The second-order valence-electron chi connectivity index (χ2n) is 7.55. The number of oxazole rings is 1. The Hall–Kier alpha value is -3.55. The number of nitrogens with one attached hydrogen (secondary N) is 2. The molecule has 0 spiro atoms. The lowest BCUT2D eigenvalue weighted by Gasteiger charge is -2.15. The molecule has 0 saturated carbocycles. The molecule has 3 aromatic carbocycles. The zero-order valence-corrected chi connectivity index (χ0v) is 19.7. The maximum atomic E-state index is 12.3.